The molecule has 21 heavy (non-hydrogen) atoms. The summed E-state index contributed by atoms with van der Waals surface area (Å²) in [5, 5.41) is 1.20. The molecule has 0 saturated heterocycles. The van der Waals surface area contributed by atoms with Gasteiger partial charge in [0.25, 0.3) is 0 Å². The number of fused-ring (bicyclic) bond motifs is 3. The van der Waals surface area contributed by atoms with Gasteiger partial charge in [-0.25, -0.2) is 4.79 Å². The van der Waals surface area contributed by atoms with Crippen LogP contribution in [0.2, 0.25) is 0 Å². The molecule has 0 bridgehead atoms. The van der Waals surface area contributed by atoms with Gasteiger partial charge in [-0.15, -0.1) is 0 Å². The van der Waals surface area contributed by atoms with Crippen molar-refractivity contribution in [1.29, 1.82) is 0 Å². The van der Waals surface area contributed by atoms with E-state index in [0.717, 1.165) is 24.8 Å². The van der Waals surface area contributed by atoms with Crippen LogP contribution in [0.1, 0.15) is 54.7 Å². The molecule has 2 aromatic rings. The summed E-state index contributed by atoms with van der Waals surface area (Å²) in [4.78, 5) is 15.6. The average molecular weight is 285 g/mol. The van der Waals surface area contributed by atoms with E-state index < -0.39 is 0 Å². The molecule has 0 fully saturated rings. The van der Waals surface area contributed by atoms with Crippen LogP contribution in [0.5, 0.6) is 0 Å². The van der Waals surface area contributed by atoms with Crippen molar-refractivity contribution in [1.82, 2.24) is 4.98 Å². The van der Waals surface area contributed by atoms with Crippen molar-refractivity contribution < 1.29 is 9.53 Å². The monoisotopic (exact) mass is 285 g/mol. The second-order valence-corrected chi connectivity index (χ2v) is 6.37. The van der Waals surface area contributed by atoms with Crippen molar-refractivity contribution in [3.05, 3.63) is 35.0 Å². The summed E-state index contributed by atoms with van der Waals surface area (Å²) in [5.41, 5.74) is 4.55. The topological polar surface area (TPSA) is 42.1 Å². The normalized spacial score (nSPS) is 14.4. The van der Waals surface area contributed by atoms with E-state index in [1.165, 1.54) is 29.5 Å². The first kappa shape index (κ1) is 14.2. The minimum Gasteiger partial charge on any atom is -0.462 e. The summed E-state index contributed by atoms with van der Waals surface area (Å²) < 4.78 is 5.36. The number of rotatable bonds is 4. The molecular weight excluding hydrogens is 262 g/mol. The quantitative estimate of drug-likeness (QED) is 0.853. The Bertz CT molecular complexity index is 655. The lowest BCUT2D eigenvalue weighted by molar-refractivity contribution is 0.0488. The third-order valence-electron chi connectivity index (χ3n) is 4.26. The molecule has 0 amide bonds. The van der Waals surface area contributed by atoms with Crippen LogP contribution in [0, 0.1) is 5.92 Å². The predicted molar refractivity (Wildman–Crippen MR) is 84.7 cm³/mol. The number of aromatic nitrogens is 1. The third-order valence-corrected chi connectivity index (χ3v) is 4.26. The van der Waals surface area contributed by atoms with Gasteiger partial charge in [-0.1, -0.05) is 13.8 Å². The molecule has 1 heterocycles. The summed E-state index contributed by atoms with van der Waals surface area (Å²) in [6.45, 7) is 4.76. The predicted octanol–water partition coefficient (Wildman–Crippen LogP) is 4.25. The van der Waals surface area contributed by atoms with Crippen LogP contribution in [-0.4, -0.2) is 17.6 Å². The minimum atomic E-state index is -0.205. The summed E-state index contributed by atoms with van der Waals surface area (Å²) in [5.74, 6) is 0.347. The van der Waals surface area contributed by atoms with E-state index in [2.05, 4.69) is 18.8 Å². The third kappa shape index (κ3) is 2.97. The molecule has 1 N–H and O–H groups in total. The first-order chi connectivity index (χ1) is 10.1. The Balaban J connectivity index is 1.81. The number of benzene rings is 1. The fourth-order valence-corrected chi connectivity index (χ4v) is 3.00. The maximum atomic E-state index is 12.1. The summed E-state index contributed by atoms with van der Waals surface area (Å²) in [6, 6.07) is 5.86. The highest BCUT2D eigenvalue weighted by atomic mass is 16.5. The summed E-state index contributed by atoms with van der Waals surface area (Å²) >= 11 is 0. The number of H-pyrrole nitrogens is 1. The zero-order chi connectivity index (χ0) is 14.8. The number of aryl methyl sites for hydroxylation is 2. The van der Waals surface area contributed by atoms with E-state index in [0.29, 0.717) is 18.1 Å². The van der Waals surface area contributed by atoms with E-state index in [-0.39, 0.29) is 5.97 Å². The standard InChI is InChI=1S/C18H23NO2/c1-12(2)9-10-21-18(20)13-7-8-17-15(11-13)14-5-3-4-6-16(14)19-17/h7-8,11-12,19H,3-6,9-10H2,1-2H3. The van der Waals surface area contributed by atoms with Crippen molar-refractivity contribution in [2.75, 3.05) is 6.61 Å². The Morgan fingerprint density at radius 3 is 2.90 bits per heavy atom. The molecule has 3 nitrogen and oxygen atoms in total. The SMILES string of the molecule is CC(C)CCOC(=O)c1ccc2[nH]c3c(c2c1)CCCC3. The summed E-state index contributed by atoms with van der Waals surface area (Å²) in [7, 11) is 0. The maximum Gasteiger partial charge on any atom is 0.338 e. The molecule has 1 aliphatic carbocycles. The molecular formula is C18H23NO2. The zero-order valence-corrected chi connectivity index (χ0v) is 12.9. The van der Waals surface area contributed by atoms with E-state index >= 15 is 0 Å². The van der Waals surface area contributed by atoms with Gasteiger partial charge in [0.15, 0.2) is 0 Å². The lowest BCUT2D eigenvalue weighted by Crippen LogP contribution is -2.08. The fraction of sp³-hybridized carbons (Fsp3) is 0.500. The van der Waals surface area contributed by atoms with Gasteiger partial charge in [-0.05, 0) is 61.8 Å². The lowest BCUT2D eigenvalue weighted by Gasteiger charge is -2.10. The lowest BCUT2D eigenvalue weighted by atomic mass is 9.95. The number of esters is 1. The molecule has 0 saturated carbocycles. The Labute approximate surface area is 125 Å². The molecule has 0 radical (unpaired) electrons. The number of ether oxygens (including phenoxy) is 1. The van der Waals surface area contributed by atoms with Crippen molar-refractivity contribution in [2.45, 2.75) is 46.0 Å². The highest BCUT2D eigenvalue weighted by Gasteiger charge is 2.17. The Kier molecular flexibility index (Phi) is 4.00. The number of aromatic amines is 1. The van der Waals surface area contributed by atoms with E-state index in [9.17, 15) is 4.79 Å². The van der Waals surface area contributed by atoms with Gasteiger partial charge in [0.05, 0.1) is 12.2 Å². The number of hydrogen-bond acceptors (Lipinski definition) is 2. The highest BCUT2D eigenvalue weighted by molar-refractivity contribution is 5.96. The zero-order valence-electron chi connectivity index (χ0n) is 12.9. The number of nitrogens with one attached hydrogen (secondary N) is 1. The van der Waals surface area contributed by atoms with E-state index in [1.54, 1.807) is 0 Å². The first-order valence-electron chi connectivity index (χ1n) is 7.96. The van der Waals surface area contributed by atoms with E-state index in [1.807, 2.05) is 18.2 Å². The van der Waals surface area contributed by atoms with Gasteiger partial charge < -0.3 is 9.72 Å². The second-order valence-electron chi connectivity index (χ2n) is 6.37. The van der Waals surface area contributed by atoms with Crippen LogP contribution in [0.25, 0.3) is 10.9 Å². The van der Waals surface area contributed by atoms with Gasteiger partial charge in [0.2, 0.25) is 0 Å². The molecule has 0 aliphatic heterocycles. The smallest absolute Gasteiger partial charge is 0.338 e. The minimum absolute atomic E-state index is 0.205. The largest absolute Gasteiger partial charge is 0.462 e. The van der Waals surface area contributed by atoms with Crippen LogP contribution < -0.4 is 0 Å². The molecule has 1 aromatic heterocycles. The molecule has 112 valence electrons. The Hall–Kier alpha value is -1.77. The molecule has 3 rings (SSSR count). The molecule has 0 unspecified atom stereocenters. The number of hydrogen-bond donors (Lipinski definition) is 1. The highest BCUT2D eigenvalue weighted by Crippen LogP contribution is 2.29. The average Bonchev–Trinajstić information content (AvgIpc) is 2.84. The van der Waals surface area contributed by atoms with Gasteiger partial charge in [0.1, 0.15) is 0 Å². The van der Waals surface area contributed by atoms with Gasteiger partial charge >= 0.3 is 5.97 Å². The second kappa shape index (κ2) is 5.92. The fourth-order valence-electron chi connectivity index (χ4n) is 3.00. The van der Waals surface area contributed by atoms with Crippen LogP contribution in [0.3, 0.4) is 0 Å². The van der Waals surface area contributed by atoms with Crippen LogP contribution in [0.4, 0.5) is 0 Å². The molecule has 0 spiro atoms. The molecule has 1 aromatic carbocycles. The van der Waals surface area contributed by atoms with Gasteiger partial charge in [0, 0.05) is 16.6 Å². The van der Waals surface area contributed by atoms with Gasteiger partial charge in [-0.2, -0.15) is 0 Å². The number of carbonyl (C=O) groups is 1. The summed E-state index contributed by atoms with van der Waals surface area (Å²) in [6.07, 6.45) is 5.64. The van der Waals surface area contributed by atoms with Crippen molar-refractivity contribution in [2.24, 2.45) is 5.92 Å². The van der Waals surface area contributed by atoms with Crippen molar-refractivity contribution in [3.63, 3.8) is 0 Å². The Morgan fingerprint density at radius 1 is 1.29 bits per heavy atom. The molecule has 0 atom stereocenters. The van der Waals surface area contributed by atoms with Crippen molar-refractivity contribution in [3.8, 4) is 0 Å². The maximum absolute atomic E-state index is 12.1. The first-order valence-corrected chi connectivity index (χ1v) is 7.96. The van der Waals surface area contributed by atoms with Gasteiger partial charge in [-0.3, -0.25) is 0 Å². The van der Waals surface area contributed by atoms with E-state index in [4.69, 9.17) is 4.74 Å². The molecule has 1 aliphatic rings. The van der Waals surface area contributed by atoms with Crippen LogP contribution >= 0.6 is 0 Å². The Morgan fingerprint density at radius 2 is 2.10 bits per heavy atom. The molecule has 3 heteroatoms. The van der Waals surface area contributed by atoms with Crippen LogP contribution in [0.15, 0.2) is 18.2 Å². The van der Waals surface area contributed by atoms with Crippen molar-refractivity contribution >= 4 is 16.9 Å². The van der Waals surface area contributed by atoms with Crippen LogP contribution in [-0.2, 0) is 17.6 Å². The number of carbonyl (C=O) groups excluding carboxylic acids is 1.